The molecule has 1 fully saturated rings. The van der Waals surface area contributed by atoms with E-state index in [0.717, 1.165) is 25.3 Å². The Balaban J connectivity index is 2.04. The van der Waals surface area contributed by atoms with Crippen LogP contribution in [-0.2, 0) is 6.18 Å². The molecule has 1 amide bonds. The summed E-state index contributed by atoms with van der Waals surface area (Å²) in [7, 11) is 0. The molecule has 0 saturated heterocycles. The number of hydrogen-bond donors (Lipinski definition) is 2. The normalized spacial score (nSPS) is 22.3. The molecule has 116 valence electrons. The molecule has 3 N–H and O–H groups in total. The molecule has 1 aromatic rings. The number of carbonyl (C=O) groups is 1. The number of alkyl halides is 3. The lowest BCUT2D eigenvalue weighted by atomic mass is 9.96. The Morgan fingerprint density at radius 1 is 1.24 bits per heavy atom. The van der Waals surface area contributed by atoms with Gasteiger partial charge >= 0.3 is 6.18 Å². The minimum absolute atomic E-state index is 0.261. The van der Waals surface area contributed by atoms with Gasteiger partial charge in [0, 0.05) is 6.54 Å². The van der Waals surface area contributed by atoms with Crippen LogP contribution in [-0.4, -0.2) is 19.0 Å². The molecule has 2 rings (SSSR count). The Morgan fingerprint density at radius 3 is 2.57 bits per heavy atom. The Kier molecular flexibility index (Phi) is 4.88. The van der Waals surface area contributed by atoms with Gasteiger partial charge in [-0.3, -0.25) is 4.79 Å². The number of hydrogen-bond acceptors (Lipinski definition) is 2. The lowest BCUT2D eigenvalue weighted by Crippen LogP contribution is -2.33. The first-order valence-electron chi connectivity index (χ1n) is 7.08. The van der Waals surface area contributed by atoms with Gasteiger partial charge in [-0.25, -0.2) is 0 Å². The maximum Gasteiger partial charge on any atom is 0.417 e. The molecule has 6 heteroatoms. The molecule has 0 bridgehead atoms. The van der Waals surface area contributed by atoms with Gasteiger partial charge in [0.2, 0.25) is 0 Å². The summed E-state index contributed by atoms with van der Waals surface area (Å²) in [6, 6.07) is 4.84. The highest BCUT2D eigenvalue weighted by Gasteiger charge is 2.35. The van der Waals surface area contributed by atoms with E-state index < -0.39 is 17.6 Å². The van der Waals surface area contributed by atoms with Gasteiger partial charge in [0.25, 0.3) is 5.91 Å². The van der Waals surface area contributed by atoms with Crippen molar-refractivity contribution in [2.24, 2.45) is 17.6 Å². The SMILES string of the molecule is NCC1CCCC1CNC(=O)c1ccccc1C(F)(F)F. The van der Waals surface area contributed by atoms with Gasteiger partial charge in [-0.2, -0.15) is 13.2 Å². The van der Waals surface area contributed by atoms with Crippen molar-refractivity contribution in [2.45, 2.75) is 25.4 Å². The maximum atomic E-state index is 12.9. The molecule has 0 aliphatic heterocycles. The number of rotatable bonds is 4. The highest BCUT2D eigenvalue weighted by atomic mass is 19.4. The molecule has 1 aliphatic rings. The highest BCUT2D eigenvalue weighted by Crippen LogP contribution is 2.32. The van der Waals surface area contributed by atoms with Crippen molar-refractivity contribution in [1.82, 2.24) is 5.32 Å². The molecule has 1 saturated carbocycles. The summed E-state index contributed by atoms with van der Waals surface area (Å²) in [5.74, 6) is -0.0641. The Labute approximate surface area is 121 Å². The number of halogens is 3. The Morgan fingerprint density at radius 2 is 1.90 bits per heavy atom. The predicted octanol–water partition coefficient (Wildman–Crippen LogP) is 2.81. The van der Waals surface area contributed by atoms with Crippen molar-refractivity contribution in [3.05, 3.63) is 35.4 Å². The summed E-state index contributed by atoms with van der Waals surface area (Å²) >= 11 is 0. The summed E-state index contributed by atoms with van der Waals surface area (Å²) in [6.07, 6.45) is -1.48. The van der Waals surface area contributed by atoms with Crippen LogP contribution in [0.3, 0.4) is 0 Å². The predicted molar refractivity (Wildman–Crippen MR) is 73.7 cm³/mol. The lowest BCUT2D eigenvalue weighted by Gasteiger charge is -2.19. The van der Waals surface area contributed by atoms with E-state index >= 15 is 0 Å². The van der Waals surface area contributed by atoms with Crippen molar-refractivity contribution < 1.29 is 18.0 Å². The van der Waals surface area contributed by atoms with E-state index in [2.05, 4.69) is 5.32 Å². The third-order valence-corrected chi connectivity index (χ3v) is 4.12. The second kappa shape index (κ2) is 6.47. The first kappa shape index (κ1) is 15.8. The van der Waals surface area contributed by atoms with Crippen LogP contribution in [0.25, 0.3) is 0 Å². The average molecular weight is 300 g/mol. The Hall–Kier alpha value is -1.56. The van der Waals surface area contributed by atoms with Gasteiger partial charge in [0.15, 0.2) is 0 Å². The monoisotopic (exact) mass is 300 g/mol. The van der Waals surface area contributed by atoms with Crippen molar-refractivity contribution in [3.8, 4) is 0 Å². The smallest absolute Gasteiger partial charge is 0.352 e. The number of benzene rings is 1. The number of nitrogens with two attached hydrogens (primary N) is 1. The summed E-state index contributed by atoms with van der Waals surface area (Å²) in [5.41, 5.74) is 4.44. The van der Waals surface area contributed by atoms with Gasteiger partial charge in [0.1, 0.15) is 0 Å². The molecule has 2 atom stereocenters. The summed E-state index contributed by atoms with van der Waals surface area (Å²) < 4.78 is 38.6. The quantitative estimate of drug-likeness (QED) is 0.898. The third-order valence-electron chi connectivity index (χ3n) is 4.12. The van der Waals surface area contributed by atoms with Crippen LogP contribution in [0.4, 0.5) is 13.2 Å². The molecular weight excluding hydrogens is 281 g/mol. The van der Waals surface area contributed by atoms with E-state index in [1.54, 1.807) is 0 Å². The molecule has 21 heavy (non-hydrogen) atoms. The van der Waals surface area contributed by atoms with E-state index in [-0.39, 0.29) is 11.5 Å². The molecular formula is C15H19F3N2O. The fourth-order valence-electron chi connectivity index (χ4n) is 2.94. The molecule has 0 heterocycles. The molecule has 3 nitrogen and oxygen atoms in total. The van der Waals surface area contributed by atoms with Gasteiger partial charge < -0.3 is 11.1 Å². The summed E-state index contributed by atoms with van der Waals surface area (Å²) in [6.45, 7) is 0.937. The van der Waals surface area contributed by atoms with Crippen LogP contribution in [0.15, 0.2) is 24.3 Å². The van der Waals surface area contributed by atoms with E-state index in [9.17, 15) is 18.0 Å². The summed E-state index contributed by atoms with van der Waals surface area (Å²) in [5, 5.41) is 2.62. The fraction of sp³-hybridized carbons (Fsp3) is 0.533. The minimum Gasteiger partial charge on any atom is -0.352 e. The molecule has 1 aromatic carbocycles. The van der Waals surface area contributed by atoms with Crippen molar-refractivity contribution in [1.29, 1.82) is 0 Å². The highest BCUT2D eigenvalue weighted by molar-refractivity contribution is 5.95. The molecule has 1 aliphatic carbocycles. The maximum absolute atomic E-state index is 12.9. The molecule has 2 unspecified atom stereocenters. The standard InChI is InChI=1S/C15H19F3N2O/c16-15(17,18)13-7-2-1-6-12(13)14(21)20-9-11-5-3-4-10(11)8-19/h1-2,6-7,10-11H,3-5,8-9,19H2,(H,20,21). The second-order valence-electron chi connectivity index (χ2n) is 5.44. The van der Waals surface area contributed by atoms with Gasteiger partial charge in [0.05, 0.1) is 11.1 Å². The first-order chi connectivity index (χ1) is 9.93. The zero-order valence-electron chi connectivity index (χ0n) is 11.6. The second-order valence-corrected chi connectivity index (χ2v) is 5.44. The molecule has 0 radical (unpaired) electrons. The largest absolute Gasteiger partial charge is 0.417 e. The zero-order chi connectivity index (χ0) is 15.5. The van der Waals surface area contributed by atoms with Crippen LogP contribution in [0, 0.1) is 11.8 Å². The Bertz CT molecular complexity index is 502. The van der Waals surface area contributed by atoms with Crippen molar-refractivity contribution >= 4 is 5.91 Å². The van der Waals surface area contributed by atoms with Crippen LogP contribution in [0.1, 0.15) is 35.2 Å². The van der Waals surface area contributed by atoms with E-state index in [1.807, 2.05) is 0 Å². The van der Waals surface area contributed by atoms with Crippen LogP contribution >= 0.6 is 0 Å². The molecule has 0 spiro atoms. The van der Waals surface area contributed by atoms with Gasteiger partial charge in [-0.15, -0.1) is 0 Å². The summed E-state index contributed by atoms with van der Waals surface area (Å²) in [4.78, 5) is 12.0. The van der Waals surface area contributed by atoms with Crippen molar-refractivity contribution in [2.75, 3.05) is 13.1 Å². The minimum atomic E-state index is -4.53. The fourth-order valence-corrected chi connectivity index (χ4v) is 2.94. The number of amides is 1. The van der Waals surface area contributed by atoms with E-state index in [1.165, 1.54) is 18.2 Å². The topological polar surface area (TPSA) is 55.1 Å². The average Bonchev–Trinajstić information content (AvgIpc) is 2.91. The van der Waals surface area contributed by atoms with Crippen LogP contribution < -0.4 is 11.1 Å². The number of nitrogens with one attached hydrogen (secondary N) is 1. The first-order valence-corrected chi connectivity index (χ1v) is 7.08. The van der Waals surface area contributed by atoms with E-state index in [0.29, 0.717) is 19.0 Å². The van der Waals surface area contributed by atoms with Crippen molar-refractivity contribution in [3.63, 3.8) is 0 Å². The van der Waals surface area contributed by atoms with E-state index in [4.69, 9.17) is 5.73 Å². The molecule has 0 aromatic heterocycles. The van der Waals surface area contributed by atoms with Crippen LogP contribution in [0.5, 0.6) is 0 Å². The van der Waals surface area contributed by atoms with Crippen LogP contribution in [0.2, 0.25) is 0 Å². The number of carbonyl (C=O) groups excluding carboxylic acids is 1. The lowest BCUT2D eigenvalue weighted by molar-refractivity contribution is -0.137. The zero-order valence-corrected chi connectivity index (χ0v) is 11.6. The van der Waals surface area contributed by atoms with Gasteiger partial charge in [-0.05, 0) is 43.4 Å². The third kappa shape index (κ3) is 3.75. The van der Waals surface area contributed by atoms with Gasteiger partial charge in [-0.1, -0.05) is 18.6 Å².